The fourth-order valence-corrected chi connectivity index (χ4v) is 15.0. The molecule has 5 aliphatic carbocycles. The number of hydrogen-bond acceptors (Lipinski definition) is 2. The summed E-state index contributed by atoms with van der Waals surface area (Å²) in [5.74, 6) is 3.44. The maximum absolute atomic E-state index is 2.67. The Hall–Kier alpha value is -5.64. The van der Waals surface area contributed by atoms with Gasteiger partial charge in [0.2, 0.25) is 0 Å². The van der Waals surface area contributed by atoms with E-state index in [-0.39, 0.29) is 5.41 Å². The second-order valence-electron chi connectivity index (χ2n) is 17.3. The first-order chi connectivity index (χ1) is 27.2. The minimum atomic E-state index is 0.137. The average Bonchev–Trinajstić information content (AvgIpc) is 4.02. The highest BCUT2D eigenvalue weighted by Crippen LogP contribution is 2.89. The Morgan fingerprint density at radius 3 is 2.22 bits per heavy atom. The zero-order chi connectivity index (χ0) is 35.6. The summed E-state index contributed by atoms with van der Waals surface area (Å²) in [5.41, 5.74) is 14.3. The van der Waals surface area contributed by atoms with E-state index in [9.17, 15) is 0 Å². The lowest BCUT2D eigenvalue weighted by Crippen LogP contribution is -2.73. The molecule has 7 aromatic carbocycles. The third-order valence-electron chi connectivity index (χ3n) is 15.4. The van der Waals surface area contributed by atoms with Gasteiger partial charge in [-0.05, 0) is 132 Å². The number of rotatable bonds is 4. The molecule has 4 fully saturated rings. The molecule has 9 aromatic rings. The van der Waals surface area contributed by atoms with Crippen LogP contribution in [0.3, 0.4) is 0 Å². The van der Waals surface area contributed by atoms with E-state index >= 15 is 0 Å². The second-order valence-corrected chi connectivity index (χ2v) is 18.3. The predicted octanol–water partition coefficient (Wildman–Crippen LogP) is 14.0. The van der Waals surface area contributed by atoms with E-state index in [1.54, 1.807) is 11.1 Å². The largest absolute Gasteiger partial charge is 0.309 e. The van der Waals surface area contributed by atoms with Gasteiger partial charge in [0.1, 0.15) is 0 Å². The van der Waals surface area contributed by atoms with Gasteiger partial charge in [0.25, 0.3) is 0 Å². The van der Waals surface area contributed by atoms with Crippen molar-refractivity contribution in [3.63, 3.8) is 0 Å². The molecule has 2 bridgehead atoms. The van der Waals surface area contributed by atoms with Gasteiger partial charge in [-0.25, -0.2) is 0 Å². The average molecular weight is 723 g/mol. The molecule has 262 valence electrons. The number of nitrogens with zero attached hydrogens (tertiary/aromatic N) is 2. The standard InChI is InChI=1S/C52H38N2S/c1-2-12-33(13-3-1)53-42-19-8-5-16-39(42)49-43(53)20-11-21-44(49)54(45-22-10-17-38-37-15-6-9-23-46(37)55-50(38)45)34-24-25-36-35-14-4-7-18-40(35)52(41(36)29-34)47-27-31-26-32-28-48(52)51(32,47)30-31/h1-25,29,31-32,47-48H,26-28,30H2. The number of hydrogen-bond donors (Lipinski definition) is 0. The van der Waals surface area contributed by atoms with Gasteiger partial charge in [0.05, 0.1) is 27.1 Å². The van der Waals surface area contributed by atoms with Gasteiger partial charge in [0, 0.05) is 43.0 Å². The van der Waals surface area contributed by atoms with Gasteiger partial charge in [-0.15, -0.1) is 11.3 Å². The molecule has 0 aliphatic heterocycles. The lowest BCUT2D eigenvalue weighted by molar-refractivity contribution is -0.231. The molecule has 4 saturated carbocycles. The molecule has 2 nitrogen and oxygen atoms in total. The molecule has 6 unspecified atom stereocenters. The SMILES string of the molecule is c1ccc(-n2c3ccccc3c3c(N(c4ccc5c(c4)C4(c6ccccc6-5)C5CC6CC7CC4C75C6)c4cccc5c4sc4ccccc45)cccc32)cc1. The van der Waals surface area contributed by atoms with Gasteiger partial charge in [-0.1, -0.05) is 103 Å². The summed E-state index contributed by atoms with van der Waals surface area (Å²) in [7, 11) is 0. The molecule has 0 saturated heterocycles. The highest BCUT2D eigenvalue weighted by Gasteiger charge is 2.84. The maximum Gasteiger partial charge on any atom is 0.0640 e. The minimum Gasteiger partial charge on any atom is -0.309 e. The number of anilines is 3. The first-order valence-corrected chi connectivity index (χ1v) is 21.1. The number of fused-ring (bicyclic) bond motifs is 14. The minimum absolute atomic E-state index is 0.137. The van der Waals surface area contributed by atoms with E-state index in [1.165, 1.54) is 102 Å². The van der Waals surface area contributed by atoms with E-state index in [1.807, 2.05) is 11.3 Å². The van der Waals surface area contributed by atoms with Crippen LogP contribution < -0.4 is 4.90 Å². The van der Waals surface area contributed by atoms with E-state index in [0.29, 0.717) is 5.41 Å². The molecular formula is C52H38N2S. The topological polar surface area (TPSA) is 8.17 Å². The second kappa shape index (κ2) is 10.2. The van der Waals surface area contributed by atoms with Crippen LogP contribution in [0.5, 0.6) is 0 Å². The van der Waals surface area contributed by atoms with Gasteiger partial charge in [-0.3, -0.25) is 0 Å². The van der Waals surface area contributed by atoms with Crippen LogP contribution in [-0.2, 0) is 5.41 Å². The summed E-state index contributed by atoms with van der Waals surface area (Å²) in [6.07, 6.45) is 5.80. The molecule has 2 aromatic heterocycles. The molecule has 2 heterocycles. The highest BCUT2D eigenvalue weighted by atomic mass is 32.1. The summed E-state index contributed by atoms with van der Waals surface area (Å²) >= 11 is 1.93. The van der Waals surface area contributed by atoms with E-state index in [2.05, 4.69) is 167 Å². The van der Waals surface area contributed by atoms with Crippen molar-refractivity contribution in [1.29, 1.82) is 0 Å². The third-order valence-corrected chi connectivity index (χ3v) is 16.6. The molecular weight excluding hydrogens is 685 g/mol. The normalized spacial score (nSPS) is 26.4. The molecule has 0 N–H and O–H groups in total. The fraction of sp³-hybridized carbons (Fsp3) is 0.192. The van der Waals surface area contributed by atoms with Crippen LogP contribution in [0.15, 0.2) is 158 Å². The lowest BCUT2D eigenvalue weighted by Gasteiger charge is -2.76. The van der Waals surface area contributed by atoms with Crippen molar-refractivity contribution in [3.8, 4) is 16.8 Å². The first kappa shape index (κ1) is 29.7. The maximum atomic E-state index is 2.67. The van der Waals surface area contributed by atoms with Crippen molar-refractivity contribution in [1.82, 2.24) is 4.57 Å². The highest BCUT2D eigenvalue weighted by molar-refractivity contribution is 7.26. The smallest absolute Gasteiger partial charge is 0.0640 e. The van der Waals surface area contributed by atoms with Crippen molar-refractivity contribution >= 4 is 70.4 Å². The van der Waals surface area contributed by atoms with Crippen molar-refractivity contribution in [2.75, 3.05) is 4.90 Å². The number of aromatic nitrogens is 1. The van der Waals surface area contributed by atoms with Gasteiger partial charge in [0.15, 0.2) is 0 Å². The summed E-state index contributed by atoms with van der Waals surface area (Å²) in [5, 5.41) is 5.23. The molecule has 0 radical (unpaired) electrons. The molecule has 3 heteroatoms. The van der Waals surface area contributed by atoms with Crippen LogP contribution >= 0.6 is 11.3 Å². The Morgan fingerprint density at radius 2 is 1.29 bits per heavy atom. The molecule has 5 aliphatic rings. The van der Waals surface area contributed by atoms with E-state index in [0.717, 1.165) is 23.7 Å². The van der Waals surface area contributed by atoms with E-state index in [4.69, 9.17) is 0 Å². The van der Waals surface area contributed by atoms with Crippen LogP contribution in [0.2, 0.25) is 0 Å². The fourth-order valence-electron chi connectivity index (χ4n) is 13.8. The monoisotopic (exact) mass is 722 g/mol. The van der Waals surface area contributed by atoms with Gasteiger partial charge in [-0.2, -0.15) is 0 Å². The zero-order valence-corrected chi connectivity index (χ0v) is 31.3. The van der Waals surface area contributed by atoms with Crippen LogP contribution in [0, 0.1) is 29.1 Å². The lowest BCUT2D eigenvalue weighted by atomic mass is 9.27. The molecule has 6 atom stereocenters. The molecule has 14 rings (SSSR count). The third kappa shape index (κ3) is 3.38. The van der Waals surface area contributed by atoms with Crippen molar-refractivity contribution in [2.45, 2.75) is 31.1 Å². The van der Waals surface area contributed by atoms with Gasteiger partial charge >= 0.3 is 0 Å². The van der Waals surface area contributed by atoms with Crippen molar-refractivity contribution in [3.05, 3.63) is 169 Å². The Labute approximate surface area is 324 Å². The predicted molar refractivity (Wildman–Crippen MR) is 229 cm³/mol. The van der Waals surface area contributed by atoms with Crippen molar-refractivity contribution < 1.29 is 0 Å². The molecule has 0 amide bonds. The molecule has 2 spiro atoms. The Bertz CT molecular complexity index is 3120. The van der Waals surface area contributed by atoms with Crippen LogP contribution in [0.1, 0.15) is 36.8 Å². The summed E-state index contributed by atoms with van der Waals surface area (Å²) < 4.78 is 5.13. The number of thiophene rings is 1. The van der Waals surface area contributed by atoms with Crippen LogP contribution in [0.25, 0.3) is 58.8 Å². The van der Waals surface area contributed by atoms with Crippen LogP contribution in [-0.4, -0.2) is 4.57 Å². The zero-order valence-electron chi connectivity index (χ0n) is 30.5. The first-order valence-electron chi connectivity index (χ1n) is 20.3. The Morgan fingerprint density at radius 1 is 0.564 bits per heavy atom. The van der Waals surface area contributed by atoms with Crippen molar-refractivity contribution in [2.24, 2.45) is 29.1 Å². The molecule has 55 heavy (non-hydrogen) atoms. The summed E-state index contributed by atoms with van der Waals surface area (Å²) in [6.45, 7) is 0. The Kier molecular flexibility index (Phi) is 5.48. The number of para-hydroxylation sites is 2. The van der Waals surface area contributed by atoms with Gasteiger partial charge < -0.3 is 9.47 Å². The quantitative estimate of drug-likeness (QED) is 0.176. The van der Waals surface area contributed by atoms with E-state index < -0.39 is 0 Å². The van der Waals surface area contributed by atoms with Crippen LogP contribution in [0.4, 0.5) is 17.1 Å². The summed E-state index contributed by atoms with van der Waals surface area (Å²) in [6, 6.07) is 59.9. The Balaban J connectivity index is 1.07. The summed E-state index contributed by atoms with van der Waals surface area (Å²) in [4.78, 5) is 2.64. The number of benzene rings is 7.